The first-order valence-corrected chi connectivity index (χ1v) is 10.1. The molecule has 0 bridgehead atoms. The van der Waals surface area contributed by atoms with Gasteiger partial charge in [0.05, 0.1) is 0 Å². The number of rotatable bonds is 12. The van der Waals surface area contributed by atoms with E-state index in [0.29, 0.717) is 31.5 Å². The number of carboxylic acid groups (broad SMARTS) is 1. The van der Waals surface area contributed by atoms with Crippen LogP contribution in [0.15, 0.2) is 30.3 Å². The molecule has 1 saturated carbocycles. The largest absolute Gasteiger partial charge is 0.481 e. The molecule has 2 rings (SSSR count). The molecule has 3 atom stereocenters. The Balaban J connectivity index is 1.76. The Kier molecular flexibility index (Phi) is 8.38. The van der Waals surface area contributed by atoms with E-state index in [4.69, 9.17) is 16.6 Å². The summed E-state index contributed by atoms with van der Waals surface area (Å²) in [6, 6.07) is 6.56. The zero-order valence-corrected chi connectivity index (χ0v) is 17.4. The summed E-state index contributed by atoms with van der Waals surface area (Å²) in [5.74, 6) is -2.97. The summed E-state index contributed by atoms with van der Waals surface area (Å²) in [5, 5.41) is 18.9. The zero-order chi connectivity index (χ0) is 23.7. The molecule has 174 valence electrons. The second kappa shape index (κ2) is 11.0. The van der Waals surface area contributed by atoms with Gasteiger partial charge in [-0.15, -0.1) is 0 Å². The number of aliphatic carboxylic acids is 1. The summed E-state index contributed by atoms with van der Waals surface area (Å²) in [4.78, 5) is 58.2. The molecule has 1 aromatic rings. The van der Waals surface area contributed by atoms with E-state index in [-0.39, 0.29) is 24.8 Å². The molecule has 1 unspecified atom stereocenters. The third-order valence-corrected chi connectivity index (χ3v) is 5.22. The monoisotopic (exact) mass is 448 g/mol. The Morgan fingerprint density at radius 3 is 2.38 bits per heavy atom. The van der Waals surface area contributed by atoms with Gasteiger partial charge in [-0.05, 0) is 43.7 Å². The minimum atomic E-state index is -1.26. The molecule has 12 heteroatoms. The maximum Gasteiger partial charge on any atom is 0.319 e. The average Bonchev–Trinajstić information content (AvgIpc) is 3.42. The van der Waals surface area contributed by atoms with Crippen LogP contribution in [0.5, 0.6) is 0 Å². The van der Waals surface area contributed by atoms with Crippen LogP contribution in [-0.4, -0.2) is 53.1 Å². The molecule has 0 radical (unpaired) electrons. The number of urea groups is 2. The summed E-state index contributed by atoms with van der Waals surface area (Å²) in [6.45, 7) is 0.356. The molecule has 0 aliphatic heterocycles. The molecular formula is C20H28N6O6. The summed E-state index contributed by atoms with van der Waals surface area (Å²) < 4.78 is 0. The van der Waals surface area contributed by atoms with Crippen molar-refractivity contribution in [1.82, 2.24) is 16.0 Å². The third-order valence-electron chi connectivity index (χ3n) is 5.22. The van der Waals surface area contributed by atoms with Gasteiger partial charge in [-0.2, -0.15) is 0 Å². The Morgan fingerprint density at radius 2 is 1.78 bits per heavy atom. The second-order valence-corrected chi connectivity index (χ2v) is 7.61. The highest BCUT2D eigenvalue weighted by Crippen LogP contribution is 2.46. The molecule has 32 heavy (non-hydrogen) atoms. The Labute approximate surface area is 184 Å². The average molecular weight is 448 g/mol. The van der Waals surface area contributed by atoms with Crippen LogP contribution in [0.3, 0.4) is 0 Å². The number of primary amides is 2. The predicted octanol–water partition coefficient (Wildman–Crippen LogP) is -0.150. The number of carbonyl (C=O) groups is 5. The van der Waals surface area contributed by atoms with Crippen LogP contribution >= 0.6 is 0 Å². The number of carboxylic acids is 1. The first kappa shape index (κ1) is 24.4. The minimum absolute atomic E-state index is 0.179. The maximum absolute atomic E-state index is 12.3. The van der Waals surface area contributed by atoms with Gasteiger partial charge in [-0.3, -0.25) is 14.4 Å². The zero-order valence-electron chi connectivity index (χ0n) is 17.4. The molecule has 1 aliphatic rings. The van der Waals surface area contributed by atoms with Gasteiger partial charge >= 0.3 is 18.0 Å². The lowest BCUT2D eigenvalue weighted by atomic mass is 10.1. The molecule has 1 aliphatic carbocycles. The van der Waals surface area contributed by atoms with E-state index in [1.54, 1.807) is 24.3 Å². The van der Waals surface area contributed by atoms with Gasteiger partial charge in [0.15, 0.2) is 0 Å². The van der Waals surface area contributed by atoms with Crippen molar-refractivity contribution in [1.29, 1.82) is 0 Å². The van der Waals surface area contributed by atoms with E-state index in [1.165, 1.54) is 0 Å². The summed E-state index contributed by atoms with van der Waals surface area (Å²) in [7, 11) is 0. The van der Waals surface area contributed by atoms with E-state index in [2.05, 4.69) is 21.3 Å². The Hall–Kier alpha value is -3.83. The fourth-order valence-electron chi connectivity index (χ4n) is 3.39. The smallest absolute Gasteiger partial charge is 0.319 e. The number of hydrogen-bond acceptors (Lipinski definition) is 5. The lowest BCUT2D eigenvalue weighted by Gasteiger charge is -2.20. The van der Waals surface area contributed by atoms with Crippen molar-refractivity contribution >= 4 is 35.5 Å². The minimum Gasteiger partial charge on any atom is -0.481 e. The van der Waals surface area contributed by atoms with Crippen LogP contribution in [0.25, 0.3) is 0 Å². The fraction of sp³-hybridized carbons (Fsp3) is 0.450. The fourth-order valence-corrected chi connectivity index (χ4v) is 3.39. The first-order chi connectivity index (χ1) is 15.1. The van der Waals surface area contributed by atoms with Gasteiger partial charge in [0, 0.05) is 18.7 Å². The van der Waals surface area contributed by atoms with Crippen molar-refractivity contribution in [3.8, 4) is 0 Å². The van der Waals surface area contributed by atoms with Crippen molar-refractivity contribution in [3.63, 3.8) is 0 Å². The molecule has 0 saturated heterocycles. The van der Waals surface area contributed by atoms with Crippen LogP contribution < -0.4 is 32.7 Å². The number of para-hydroxylation sites is 1. The molecule has 6 amide bonds. The first-order valence-electron chi connectivity index (χ1n) is 10.1. The second-order valence-electron chi connectivity index (χ2n) is 7.61. The van der Waals surface area contributed by atoms with Crippen molar-refractivity contribution in [2.24, 2.45) is 17.4 Å². The number of carbonyl (C=O) groups excluding carboxylic acids is 4. The Bertz CT molecular complexity index is 863. The molecule has 0 aromatic heterocycles. The quantitative estimate of drug-likeness (QED) is 0.216. The topological polar surface area (TPSA) is 206 Å². The summed E-state index contributed by atoms with van der Waals surface area (Å²) in [5.41, 5.74) is 10.1. The van der Waals surface area contributed by atoms with Crippen LogP contribution in [0, 0.1) is 5.92 Å². The molecule has 9 N–H and O–H groups in total. The van der Waals surface area contributed by atoms with E-state index < -0.39 is 35.4 Å². The van der Waals surface area contributed by atoms with Crippen molar-refractivity contribution in [3.05, 3.63) is 30.3 Å². The van der Waals surface area contributed by atoms with E-state index in [9.17, 15) is 24.0 Å². The van der Waals surface area contributed by atoms with Gasteiger partial charge in [0.25, 0.3) is 0 Å². The highest BCUT2D eigenvalue weighted by atomic mass is 16.4. The SMILES string of the molecule is NC(=O)[C@H](CCC(=O)O)NC(=O)N[C@]1(C(N)=O)CC1CCCNC(=O)Nc1ccccc1. The molecule has 1 fully saturated rings. The van der Waals surface area contributed by atoms with E-state index in [1.807, 2.05) is 6.07 Å². The van der Waals surface area contributed by atoms with E-state index >= 15 is 0 Å². The number of benzene rings is 1. The lowest BCUT2D eigenvalue weighted by molar-refractivity contribution is -0.137. The van der Waals surface area contributed by atoms with Gasteiger partial charge < -0.3 is 37.8 Å². The molecule has 12 nitrogen and oxygen atoms in total. The molecular weight excluding hydrogens is 420 g/mol. The normalized spacial score (nSPS) is 19.8. The van der Waals surface area contributed by atoms with Crippen LogP contribution in [0.4, 0.5) is 15.3 Å². The van der Waals surface area contributed by atoms with Crippen LogP contribution in [0.2, 0.25) is 0 Å². The van der Waals surface area contributed by atoms with Crippen molar-refractivity contribution in [2.45, 2.75) is 43.7 Å². The molecule has 0 heterocycles. The predicted molar refractivity (Wildman–Crippen MR) is 114 cm³/mol. The Morgan fingerprint density at radius 1 is 1.09 bits per heavy atom. The van der Waals surface area contributed by atoms with Crippen molar-refractivity contribution in [2.75, 3.05) is 11.9 Å². The van der Waals surface area contributed by atoms with E-state index in [0.717, 1.165) is 0 Å². The third kappa shape index (κ3) is 7.15. The highest BCUT2D eigenvalue weighted by Gasteiger charge is 2.59. The van der Waals surface area contributed by atoms with Gasteiger partial charge in [-0.1, -0.05) is 18.2 Å². The maximum atomic E-state index is 12.3. The number of anilines is 1. The van der Waals surface area contributed by atoms with Crippen LogP contribution in [-0.2, 0) is 14.4 Å². The number of hydrogen-bond donors (Lipinski definition) is 7. The van der Waals surface area contributed by atoms with Crippen LogP contribution in [0.1, 0.15) is 32.1 Å². The lowest BCUT2D eigenvalue weighted by Crippen LogP contribution is -2.55. The number of nitrogens with one attached hydrogen (secondary N) is 4. The molecule has 0 spiro atoms. The van der Waals surface area contributed by atoms with Gasteiger partial charge in [-0.25, -0.2) is 9.59 Å². The summed E-state index contributed by atoms with van der Waals surface area (Å²) in [6.07, 6.45) is 0.854. The number of nitrogens with two attached hydrogens (primary N) is 2. The highest BCUT2D eigenvalue weighted by molar-refractivity contribution is 5.94. The molecule has 1 aromatic carbocycles. The van der Waals surface area contributed by atoms with Gasteiger partial charge in [0.2, 0.25) is 11.8 Å². The number of amides is 6. The van der Waals surface area contributed by atoms with Gasteiger partial charge in [0.1, 0.15) is 11.6 Å². The standard InChI is InChI=1S/C20H28N6O6/c21-16(29)14(8-9-15(27)28)25-19(32)26-20(17(22)30)11-12(20)5-4-10-23-18(31)24-13-6-2-1-3-7-13/h1-3,6-7,12,14H,4-5,8-11H2,(H2,21,29)(H2,22,30)(H,27,28)(H2,23,24,31)(H2,25,26,32)/t12?,14-,20+/m0/s1. The summed E-state index contributed by atoms with van der Waals surface area (Å²) >= 11 is 0. The van der Waals surface area contributed by atoms with Crippen molar-refractivity contribution < 1.29 is 29.1 Å².